The monoisotopic (exact) mass is 326 g/mol. The van der Waals surface area contributed by atoms with Gasteiger partial charge in [0, 0.05) is 6.54 Å². The normalized spacial score (nSPS) is 11.6. The molecule has 0 saturated heterocycles. The number of nitrogen functional groups attached to an aromatic ring is 1. The molecule has 120 valence electrons. The number of methoxy groups -OCH3 is 1. The molecule has 0 aliphatic rings. The van der Waals surface area contributed by atoms with Gasteiger partial charge in [-0.05, 0) is 13.8 Å². The fraction of sp³-hybridized carbons (Fsp3) is 0.583. The Morgan fingerprint density at radius 1 is 1.43 bits per heavy atom. The van der Waals surface area contributed by atoms with Crippen molar-refractivity contribution in [1.82, 2.24) is 0 Å². The Morgan fingerprint density at radius 2 is 2.05 bits per heavy atom. The molecule has 5 nitrogen and oxygen atoms in total. The zero-order valence-corrected chi connectivity index (χ0v) is 12.7. The molecule has 0 radical (unpaired) electrons. The van der Waals surface area contributed by atoms with Crippen LogP contribution in [0.4, 0.5) is 23.9 Å². The van der Waals surface area contributed by atoms with Crippen molar-refractivity contribution in [3.63, 3.8) is 0 Å². The number of anilines is 2. The van der Waals surface area contributed by atoms with Gasteiger partial charge in [0.05, 0.1) is 19.6 Å². The Hall–Kier alpha value is -1.64. The van der Waals surface area contributed by atoms with Crippen molar-refractivity contribution >= 4 is 28.0 Å². The number of hydrogen-bond donors (Lipinski definition) is 2. The summed E-state index contributed by atoms with van der Waals surface area (Å²) in [4.78, 5) is 11.7. The second-order valence-electron chi connectivity index (χ2n) is 4.45. The van der Waals surface area contributed by atoms with E-state index in [9.17, 15) is 18.0 Å². The first kappa shape index (κ1) is 17.4. The fourth-order valence-electron chi connectivity index (χ4n) is 1.46. The maximum Gasteiger partial charge on any atom is 0.390 e. The molecular weight excluding hydrogens is 309 g/mol. The summed E-state index contributed by atoms with van der Waals surface area (Å²) in [6.07, 6.45) is -5.50. The summed E-state index contributed by atoms with van der Waals surface area (Å²) in [5.41, 5.74) is 5.87. The van der Waals surface area contributed by atoms with Crippen LogP contribution in [0.1, 0.15) is 29.9 Å². The Morgan fingerprint density at radius 3 is 2.52 bits per heavy atom. The van der Waals surface area contributed by atoms with Crippen molar-refractivity contribution < 1.29 is 27.4 Å². The molecule has 0 amide bonds. The number of rotatable bonds is 6. The first-order valence-electron chi connectivity index (χ1n) is 6.13. The Balaban J connectivity index is 2.97. The van der Waals surface area contributed by atoms with E-state index in [1.54, 1.807) is 13.8 Å². The fourth-order valence-corrected chi connectivity index (χ4v) is 2.46. The molecule has 1 heterocycles. The number of hydrogen-bond acceptors (Lipinski definition) is 6. The number of carbonyl (C=O) groups is 1. The van der Waals surface area contributed by atoms with E-state index in [4.69, 9.17) is 10.5 Å². The van der Waals surface area contributed by atoms with Crippen LogP contribution in [0.15, 0.2) is 0 Å². The van der Waals surface area contributed by atoms with E-state index in [0.717, 1.165) is 11.3 Å². The summed E-state index contributed by atoms with van der Waals surface area (Å²) in [5, 5.41) is 2.88. The first-order chi connectivity index (χ1) is 9.65. The molecule has 0 aliphatic carbocycles. The summed E-state index contributed by atoms with van der Waals surface area (Å²) >= 11 is 0.908. The van der Waals surface area contributed by atoms with E-state index < -0.39 is 18.6 Å². The lowest BCUT2D eigenvalue weighted by molar-refractivity contribution is -0.131. The van der Waals surface area contributed by atoms with E-state index in [1.807, 2.05) is 0 Å². The largest absolute Gasteiger partial charge is 0.486 e. The molecule has 1 rings (SSSR count). The van der Waals surface area contributed by atoms with Crippen LogP contribution in [0.3, 0.4) is 0 Å². The van der Waals surface area contributed by atoms with Crippen LogP contribution in [-0.2, 0) is 4.74 Å². The number of thiophene rings is 1. The molecule has 0 saturated carbocycles. The van der Waals surface area contributed by atoms with Gasteiger partial charge >= 0.3 is 12.1 Å². The summed E-state index contributed by atoms with van der Waals surface area (Å²) in [5.74, 6) is -0.479. The summed E-state index contributed by atoms with van der Waals surface area (Å²) < 4.78 is 46.6. The maximum absolute atomic E-state index is 12.2. The van der Waals surface area contributed by atoms with Gasteiger partial charge in [-0.3, -0.25) is 0 Å². The van der Waals surface area contributed by atoms with E-state index >= 15 is 0 Å². The highest BCUT2D eigenvalue weighted by Crippen LogP contribution is 2.43. The van der Waals surface area contributed by atoms with Gasteiger partial charge in [-0.2, -0.15) is 13.2 Å². The standard InChI is InChI=1S/C12H17F3N2O3S/c1-6(2)20-8-7(16)9(11(18)19-3)21-10(8)17-5-4-12(13,14)15/h6,17H,4-5,16H2,1-3H3. The molecule has 0 fully saturated rings. The molecule has 1 aromatic heterocycles. The molecule has 0 spiro atoms. The molecule has 0 aromatic carbocycles. The zero-order chi connectivity index (χ0) is 16.2. The van der Waals surface area contributed by atoms with Crippen molar-refractivity contribution in [3.05, 3.63) is 4.88 Å². The molecule has 3 N–H and O–H groups in total. The van der Waals surface area contributed by atoms with Crippen molar-refractivity contribution in [3.8, 4) is 5.75 Å². The van der Waals surface area contributed by atoms with Crippen molar-refractivity contribution in [1.29, 1.82) is 0 Å². The van der Waals surface area contributed by atoms with Crippen LogP contribution in [0, 0.1) is 0 Å². The Labute approximate surface area is 124 Å². The van der Waals surface area contributed by atoms with Gasteiger partial charge in [-0.15, -0.1) is 11.3 Å². The number of halogens is 3. The van der Waals surface area contributed by atoms with Crippen LogP contribution in [0.5, 0.6) is 5.75 Å². The summed E-state index contributed by atoms with van der Waals surface area (Å²) in [6.45, 7) is 3.15. The number of nitrogens with one attached hydrogen (secondary N) is 1. The highest BCUT2D eigenvalue weighted by molar-refractivity contribution is 7.19. The second kappa shape index (κ2) is 6.88. The first-order valence-corrected chi connectivity index (χ1v) is 6.95. The molecule has 21 heavy (non-hydrogen) atoms. The van der Waals surface area contributed by atoms with Gasteiger partial charge in [0.25, 0.3) is 0 Å². The zero-order valence-electron chi connectivity index (χ0n) is 11.8. The van der Waals surface area contributed by atoms with E-state index in [0.29, 0.717) is 0 Å². The minimum absolute atomic E-state index is 0.0649. The van der Waals surface area contributed by atoms with Crippen molar-refractivity contribution in [2.24, 2.45) is 0 Å². The lowest BCUT2D eigenvalue weighted by Gasteiger charge is -2.13. The minimum atomic E-state index is -4.26. The third kappa shape index (κ3) is 5.00. The minimum Gasteiger partial charge on any atom is -0.486 e. The van der Waals surface area contributed by atoms with Gasteiger partial charge < -0.3 is 20.5 Å². The van der Waals surface area contributed by atoms with Gasteiger partial charge in [-0.1, -0.05) is 0 Å². The van der Waals surface area contributed by atoms with Crippen LogP contribution in [0.2, 0.25) is 0 Å². The van der Waals surface area contributed by atoms with Gasteiger partial charge in [0.15, 0.2) is 5.75 Å². The highest BCUT2D eigenvalue weighted by atomic mass is 32.1. The maximum atomic E-state index is 12.2. The third-order valence-electron chi connectivity index (χ3n) is 2.32. The number of ether oxygens (including phenoxy) is 2. The van der Waals surface area contributed by atoms with Crippen molar-refractivity contribution in [2.45, 2.75) is 32.5 Å². The van der Waals surface area contributed by atoms with Crippen molar-refractivity contribution in [2.75, 3.05) is 24.7 Å². The second-order valence-corrected chi connectivity index (χ2v) is 5.47. The smallest absolute Gasteiger partial charge is 0.390 e. The predicted octanol–water partition coefficient (Wildman–Crippen LogP) is 3.27. The summed E-state index contributed by atoms with van der Waals surface area (Å²) in [7, 11) is 1.20. The average molecular weight is 326 g/mol. The Kier molecular flexibility index (Phi) is 5.70. The number of alkyl halides is 3. The number of carbonyl (C=O) groups excluding carboxylic acids is 1. The van der Waals surface area contributed by atoms with Gasteiger partial charge in [-0.25, -0.2) is 4.79 Å². The van der Waals surface area contributed by atoms with Gasteiger partial charge in [0.1, 0.15) is 15.6 Å². The molecule has 0 unspecified atom stereocenters. The number of nitrogens with two attached hydrogens (primary N) is 1. The topological polar surface area (TPSA) is 73.6 Å². The lowest BCUT2D eigenvalue weighted by atomic mass is 10.3. The lowest BCUT2D eigenvalue weighted by Crippen LogP contribution is -2.15. The molecule has 0 aliphatic heterocycles. The SMILES string of the molecule is COC(=O)c1sc(NCCC(F)(F)F)c(OC(C)C)c1N. The van der Waals surface area contributed by atoms with Gasteiger partial charge in [0.2, 0.25) is 0 Å². The quantitative estimate of drug-likeness (QED) is 0.785. The van der Waals surface area contributed by atoms with E-state index in [1.165, 1.54) is 7.11 Å². The highest BCUT2D eigenvalue weighted by Gasteiger charge is 2.28. The summed E-state index contributed by atoms with van der Waals surface area (Å²) in [6, 6.07) is 0. The van der Waals surface area contributed by atoms with E-state index in [-0.39, 0.29) is 34.0 Å². The molecule has 0 bridgehead atoms. The van der Waals surface area contributed by atoms with E-state index in [2.05, 4.69) is 10.1 Å². The third-order valence-corrected chi connectivity index (χ3v) is 3.44. The molecule has 1 aromatic rings. The molecule has 0 atom stereocenters. The van der Waals surface area contributed by atoms with Crippen LogP contribution >= 0.6 is 11.3 Å². The van der Waals surface area contributed by atoms with Crippen LogP contribution in [0.25, 0.3) is 0 Å². The Bertz CT molecular complexity index is 501. The number of esters is 1. The average Bonchev–Trinajstić information content (AvgIpc) is 2.65. The predicted molar refractivity (Wildman–Crippen MR) is 75.0 cm³/mol. The molecular formula is C12H17F3N2O3S. The molecule has 9 heteroatoms. The van der Waals surface area contributed by atoms with Crippen LogP contribution < -0.4 is 15.8 Å². The van der Waals surface area contributed by atoms with Crippen LogP contribution in [-0.4, -0.2) is 31.9 Å².